The number of carbonyl (C=O) groups is 3. The Labute approximate surface area is 223 Å². The smallest absolute Gasteiger partial charge is 0.321 e. The van der Waals surface area contributed by atoms with Gasteiger partial charge in [-0.3, -0.25) is 19.7 Å². The third-order valence-electron chi connectivity index (χ3n) is 5.36. The van der Waals surface area contributed by atoms with Gasteiger partial charge in [0.1, 0.15) is 17.8 Å². The lowest BCUT2D eigenvalue weighted by Crippen LogP contribution is -2.38. The van der Waals surface area contributed by atoms with Crippen molar-refractivity contribution in [3.63, 3.8) is 0 Å². The van der Waals surface area contributed by atoms with Crippen molar-refractivity contribution < 1.29 is 49.8 Å². The normalized spacial score (nSPS) is 11.9. The lowest BCUT2D eigenvalue weighted by molar-refractivity contribution is -0.140. The van der Waals surface area contributed by atoms with Crippen molar-refractivity contribution in [1.82, 2.24) is 5.32 Å². The molecular weight excluding hydrogens is 512 g/mol. The molecule has 0 aliphatic heterocycles. The third kappa shape index (κ3) is 9.87. The Hall–Kier alpha value is -4.81. The number of nitrogens with two attached hydrogens (primary N) is 1. The van der Waals surface area contributed by atoms with Crippen LogP contribution in [0.25, 0.3) is 0 Å². The molecule has 3 aromatic carbocycles. The number of rotatable bonds is 10. The van der Waals surface area contributed by atoms with E-state index in [9.17, 15) is 29.7 Å². The van der Waals surface area contributed by atoms with Crippen LogP contribution in [0.5, 0.6) is 28.7 Å². The van der Waals surface area contributed by atoms with Crippen LogP contribution in [-0.2, 0) is 33.8 Å². The second-order valence-electron chi connectivity index (χ2n) is 8.47. The molecule has 0 fully saturated rings. The zero-order valence-corrected chi connectivity index (χ0v) is 20.9. The number of aromatic hydroxyl groups is 4. The molecular formula is C27H30N2O10. The SMILES string of the molecule is CC(=O)Oc1ccccc1CN[C@@H](Cc1ccc(O)c(O)c1)C(=O)O.N[C@@H](Cc1ccc(O)c(O)c1)C(=O)O. The average Bonchev–Trinajstić information content (AvgIpc) is 2.86. The summed E-state index contributed by atoms with van der Waals surface area (Å²) >= 11 is 0. The second kappa shape index (κ2) is 14.2. The predicted octanol–water partition coefficient (Wildman–Crippen LogP) is 1.86. The van der Waals surface area contributed by atoms with Crippen molar-refractivity contribution in [3.8, 4) is 28.7 Å². The van der Waals surface area contributed by atoms with Gasteiger partial charge >= 0.3 is 17.9 Å². The highest BCUT2D eigenvalue weighted by Gasteiger charge is 2.19. The van der Waals surface area contributed by atoms with Crippen LogP contribution >= 0.6 is 0 Å². The minimum Gasteiger partial charge on any atom is -0.504 e. The maximum absolute atomic E-state index is 11.5. The van der Waals surface area contributed by atoms with E-state index >= 15 is 0 Å². The van der Waals surface area contributed by atoms with E-state index in [2.05, 4.69) is 5.32 Å². The van der Waals surface area contributed by atoms with Crippen LogP contribution in [0.2, 0.25) is 0 Å². The van der Waals surface area contributed by atoms with Gasteiger partial charge in [0.05, 0.1) is 0 Å². The largest absolute Gasteiger partial charge is 0.504 e. The highest BCUT2D eigenvalue weighted by Crippen LogP contribution is 2.26. The van der Waals surface area contributed by atoms with Crippen LogP contribution in [-0.4, -0.2) is 60.6 Å². The maximum Gasteiger partial charge on any atom is 0.321 e. The Morgan fingerprint density at radius 2 is 1.33 bits per heavy atom. The molecule has 0 aliphatic rings. The Kier molecular flexibility index (Phi) is 11.1. The van der Waals surface area contributed by atoms with Crippen LogP contribution in [0.3, 0.4) is 0 Å². The number of phenolic OH excluding ortho intramolecular Hbond substituents is 4. The van der Waals surface area contributed by atoms with Gasteiger partial charge in [-0.15, -0.1) is 0 Å². The van der Waals surface area contributed by atoms with E-state index in [0.717, 1.165) is 0 Å². The standard InChI is InChI=1S/C18H19NO6.C9H11NO4/c1-11(20)25-17-5-3-2-4-13(17)10-19-14(18(23)24)8-12-6-7-15(21)16(22)9-12;10-6(9(13)14)3-5-1-2-7(11)8(12)4-5/h2-7,9,14,19,21-22H,8,10H2,1H3,(H,23,24);1-2,4,6,11-12H,3,10H2,(H,13,14)/t14-;6-/m00/s1. The van der Waals surface area contributed by atoms with Gasteiger partial charge in [0.2, 0.25) is 0 Å². The average molecular weight is 543 g/mol. The summed E-state index contributed by atoms with van der Waals surface area (Å²) in [6, 6.07) is 13.2. The lowest BCUT2D eigenvalue weighted by atomic mass is 10.0. The number of aliphatic carboxylic acids is 2. The van der Waals surface area contributed by atoms with E-state index in [0.29, 0.717) is 22.4 Å². The Morgan fingerprint density at radius 1 is 0.795 bits per heavy atom. The zero-order chi connectivity index (χ0) is 29.1. The Balaban J connectivity index is 0.000000322. The Bertz CT molecular complexity index is 1310. The van der Waals surface area contributed by atoms with E-state index in [1.807, 2.05) is 0 Å². The number of para-hydroxylation sites is 1. The molecule has 9 N–H and O–H groups in total. The Morgan fingerprint density at radius 3 is 1.82 bits per heavy atom. The number of hydrogen-bond donors (Lipinski definition) is 8. The summed E-state index contributed by atoms with van der Waals surface area (Å²) in [4.78, 5) is 33.0. The summed E-state index contributed by atoms with van der Waals surface area (Å²) < 4.78 is 5.10. The van der Waals surface area contributed by atoms with Crippen LogP contribution in [0.1, 0.15) is 23.6 Å². The molecule has 0 aliphatic carbocycles. The van der Waals surface area contributed by atoms with Crippen LogP contribution in [0.4, 0.5) is 0 Å². The summed E-state index contributed by atoms with van der Waals surface area (Å²) in [5, 5.41) is 57.8. The quantitative estimate of drug-likeness (QED) is 0.104. The molecule has 208 valence electrons. The van der Waals surface area contributed by atoms with E-state index in [1.54, 1.807) is 30.3 Å². The summed E-state index contributed by atoms with van der Waals surface area (Å²) in [5.41, 5.74) is 7.07. The van der Waals surface area contributed by atoms with Crippen molar-refractivity contribution in [2.24, 2.45) is 5.73 Å². The number of carboxylic acid groups (broad SMARTS) is 2. The monoisotopic (exact) mass is 542 g/mol. The number of hydrogen-bond acceptors (Lipinski definition) is 10. The van der Waals surface area contributed by atoms with E-state index < -0.39 is 30.0 Å². The van der Waals surface area contributed by atoms with Crippen LogP contribution in [0, 0.1) is 0 Å². The van der Waals surface area contributed by atoms with Crippen molar-refractivity contribution in [2.75, 3.05) is 0 Å². The fourth-order valence-corrected chi connectivity index (χ4v) is 3.35. The molecule has 0 aromatic heterocycles. The van der Waals surface area contributed by atoms with E-state index in [-0.39, 0.29) is 42.4 Å². The van der Waals surface area contributed by atoms with Crippen molar-refractivity contribution in [1.29, 1.82) is 0 Å². The molecule has 0 heterocycles. The number of benzene rings is 3. The molecule has 0 amide bonds. The molecule has 0 unspecified atom stereocenters. The molecule has 12 heteroatoms. The van der Waals surface area contributed by atoms with Crippen LogP contribution in [0.15, 0.2) is 60.7 Å². The molecule has 3 rings (SSSR count). The van der Waals surface area contributed by atoms with Crippen LogP contribution < -0.4 is 15.8 Å². The highest BCUT2D eigenvalue weighted by molar-refractivity contribution is 5.74. The topological polar surface area (TPSA) is 220 Å². The molecule has 0 saturated carbocycles. The summed E-state index contributed by atoms with van der Waals surface area (Å²) in [5.74, 6) is -3.33. The summed E-state index contributed by atoms with van der Waals surface area (Å²) in [6.07, 6.45) is 0.224. The van der Waals surface area contributed by atoms with E-state index in [4.69, 9.17) is 25.8 Å². The summed E-state index contributed by atoms with van der Waals surface area (Å²) in [6.45, 7) is 1.48. The number of esters is 1. The lowest BCUT2D eigenvalue weighted by Gasteiger charge is -2.16. The van der Waals surface area contributed by atoms with Gasteiger partial charge in [0, 0.05) is 19.0 Å². The molecule has 12 nitrogen and oxygen atoms in total. The molecule has 3 aromatic rings. The van der Waals surface area contributed by atoms with Gasteiger partial charge < -0.3 is 41.1 Å². The number of phenols is 4. The van der Waals surface area contributed by atoms with Gasteiger partial charge in [0.25, 0.3) is 0 Å². The molecule has 0 saturated heterocycles. The highest BCUT2D eigenvalue weighted by atomic mass is 16.5. The minimum atomic E-state index is -1.10. The maximum atomic E-state index is 11.5. The first-order chi connectivity index (χ1) is 18.4. The van der Waals surface area contributed by atoms with Crippen molar-refractivity contribution in [3.05, 3.63) is 77.4 Å². The first-order valence-electron chi connectivity index (χ1n) is 11.6. The van der Waals surface area contributed by atoms with Gasteiger partial charge in [-0.2, -0.15) is 0 Å². The van der Waals surface area contributed by atoms with Crippen molar-refractivity contribution >= 4 is 17.9 Å². The third-order valence-corrected chi connectivity index (χ3v) is 5.36. The molecule has 2 atom stereocenters. The first kappa shape index (κ1) is 30.4. The second-order valence-corrected chi connectivity index (χ2v) is 8.47. The number of carboxylic acids is 2. The molecule has 0 radical (unpaired) electrons. The van der Waals surface area contributed by atoms with Gasteiger partial charge in [-0.05, 0) is 54.3 Å². The van der Waals surface area contributed by atoms with E-state index in [1.165, 1.54) is 37.3 Å². The van der Waals surface area contributed by atoms with Gasteiger partial charge in [0.15, 0.2) is 23.0 Å². The molecule has 0 spiro atoms. The predicted molar refractivity (Wildman–Crippen MR) is 139 cm³/mol. The first-order valence-corrected chi connectivity index (χ1v) is 11.6. The van der Waals surface area contributed by atoms with Gasteiger partial charge in [-0.25, -0.2) is 0 Å². The zero-order valence-electron chi connectivity index (χ0n) is 20.9. The molecule has 39 heavy (non-hydrogen) atoms. The molecule has 0 bridgehead atoms. The fraction of sp³-hybridized carbons (Fsp3) is 0.222. The minimum absolute atomic E-state index is 0.110. The summed E-state index contributed by atoms with van der Waals surface area (Å²) in [7, 11) is 0. The van der Waals surface area contributed by atoms with Gasteiger partial charge in [-0.1, -0.05) is 30.3 Å². The number of ether oxygens (including phenoxy) is 1. The number of nitrogens with one attached hydrogen (secondary N) is 1. The fourth-order valence-electron chi connectivity index (χ4n) is 3.35. The number of carbonyl (C=O) groups excluding carboxylic acids is 1. The van der Waals surface area contributed by atoms with Crippen molar-refractivity contribution in [2.45, 2.75) is 38.4 Å².